The van der Waals surface area contributed by atoms with Gasteiger partial charge in [-0.05, 0) is 63.1 Å². The number of ether oxygens (including phenoxy) is 5. The molecule has 4 rings (SSSR count). The summed E-state index contributed by atoms with van der Waals surface area (Å²) < 4.78 is 30.1. The lowest BCUT2D eigenvalue weighted by molar-refractivity contribution is -0.241. The zero-order valence-corrected chi connectivity index (χ0v) is 23.4. The van der Waals surface area contributed by atoms with Gasteiger partial charge in [0, 0.05) is 35.5 Å². The molecule has 0 amide bonds. The van der Waals surface area contributed by atoms with E-state index in [-0.39, 0.29) is 11.9 Å². The topological polar surface area (TPSA) is 80.3 Å². The molecule has 7 heteroatoms. The van der Waals surface area contributed by atoms with E-state index >= 15 is 0 Å². The molecule has 1 spiro atoms. The molecule has 0 fully saturated rings. The highest BCUT2D eigenvalue weighted by Crippen LogP contribution is 2.55. The molecule has 0 radical (unpaired) electrons. The lowest BCUT2D eigenvalue weighted by atomic mass is 9.66. The molecule has 0 saturated heterocycles. The average molecular weight is 511 g/mol. The number of hydrogen-bond donors (Lipinski definition) is 0. The minimum Gasteiger partial charge on any atom is -0.462 e. The maximum Gasteiger partial charge on any atom is 0.338 e. The molecule has 0 N–H and O–H groups in total. The molecule has 2 aromatic carbocycles. The number of carbonyl (C=O) groups is 2. The number of methoxy groups -OCH3 is 1. The van der Waals surface area contributed by atoms with E-state index in [1.807, 2.05) is 38.1 Å². The van der Waals surface area contributed by atoms with Crippen LogP contribution in [0.2, 0.25) is 0 Å². The lowest BCUT2D eigenvalue weighted by Gasteiger charge is -2.55. The summed E-state index contributed by atoms with van der Waals surface area (Å²) in [5.74, 6) is -0.515. The van der Waals surface area contributed by atoms with Gasteiger partial charge >= 0.3 is 11.9 Å². The van der Waals surface area contributed by atoms with Gasteiger partial charge in [0.15, 0.2) is 0 Å². The van der Waals surface area contributed by atoms with Gasteiger partial charge in [-0.25, -0.2) is 9.59 Å². The number of carbonyl (C=O) groups excluding carboxylic acids is 2. The van der Waals surface area contributed by atoms with Gasteiger partial charge in [-0.15, -0.1) is 0 Å². The zero-order chi connectivity index (χ0) is 27.3. The van der Waals surface area contributed by atoms with Crippen molar-refractivity contribution >= 4 is 11.9 Å². The Balaban J connectivity index is 1.85. The fraction of sp³-hybridized carbons (Fsp3) is 0.533. The van der Waals surface area contributed by atoms with Crippen molar-refractivity contribution in [2.24, 2.45) is 0 Å². The summed E-state index contributed by atoms with van der Waals surface area (Å²) in [6.45, 7) is 16.4. The third-order valence-electron chi connectivity index (χ3n) is 7.61. The van der Waals surface area contributed by atoms with Crippen LogP contribution in [0.25, 0.3) is 0 Å². The SMILES string of the molecule is CCOC(=O)c1cc2c(cc1C)OC1(CC2(C)C)Oc2cc(C)c(C(=O)OCC)cc2C(C)(C)C1OC. The number of benzene rings is 2. The second kappa shape index (κ2) is 9.35. The molecular formula is C30H38O7. The molecule has 7 nitrogen and oxygen atoms in total. The predicted octanol–water partition coefficient (Wildman–Crippen LogP) is 5.80. The first-order valence-corrected chi connectivity index (χ1v) is 12.9. The Morgan fingerprint density at radius 1 is 0.838 bits per heavy atom. The molecule has 0 saturated carbocycles. The first-order chi connectivity index (χ1) is 17.3. The highest BCUT2D eigenvalue weighted by atomic mass is 16.7. The Morgan fingerprint density at radius 2 is 1.30 bits per heavy atom. The van der Waals surface area contributed by atoms with Gasteiger partial charge < -0.3 is 23.7 Å². The number of esters is 2. The molecule has 0 aromatic heterocycles. The van der Waals surface area contributed by atoms with E-state index in [9.17, 15) is 9.59 Å². The summed E-state index contributed by atoms with van der Waals surface area (Å²) >= 11 is 0. The van der Waals surface area contributed by atoms with Gasteiger partial charge in [0.25, 0.3) is 5.79 Å². The van der Waals surface area contributed by atoms with Crippen molar-refractivity contribution in [3.63, 3.8) is 0 Å². The minimum atomic E-state index is -1.13. The second-order valence-electron chi connectivity index (χ2n) is 11.2. The number of aryl methyl sites for hydroxylation is 2. The van der Waals surface area contributed by atoms with Crippen molar-refractivity contribution in [2.45, 2.75) is 84.5 Å². The van der Waals surface area contributed by atoms with Crippen molar-refractivity contribution in [3.8, 4) is 11.5 Å². The van der Waals surface area contributed by atoms with Crippen LogP contribution in [0, 0.1) is 13.8 Å². The normalized spacial score (nSPS) is 22.8. The summed E-state index contributed by atoms with van der Waals surface area (Å²) in [7, 11) is 1.66. The Bertz CT molecular complexity index is 1240. The van der Waals surface area contributed by atoms with Crippen LogP contribution in [-0.2, 0) is 25.0 Å². The van der Waals surface area contributed by atoms with Crippen LogP contribution in [0.3, 0.4) is 0 Å². The van der Waals surface area contributed by atoms with Crippen molar-refractivity contribution in [3.05, 3.63) is 57.6 Å². The van der Waals surface area contributed by atoms with E-state index in [2.05, 4.69) is 27.7 Å². The van der Waals surface area contributed by atoms with E-state index in [0.29, 0.717) is 42.3 Å². The van der Waals surface area contributed by atoms with E-state index in [0.717, 1.165) is 22.3 Å². The van der Waals surface area contributed by atoms with Crippen molar-refractivity contribution < 1.29 is 33.3 Å². The number of rotatable bonds is 5. The number of hydrogen-bond acceptors (Lipinski definition) is 7. The standard InChI is InChI=1S/C30H38O7/c1-10-34-25(31)19-14-21-23(12-17(19)3)36-30(16-28(21,5)6)27(33-9)29(7,8)22-15-20(26(32)35-11-2)18(4)13-24(22)37-30/h12-15,27H,10-11,16H2,1-9H3. The molecular weight excluding hydrogens is 472 g/mol. The fourth-order valence-electron chi connectivity index (χ4n) is 5.96. The monoisotopic (exact) mass is 510 g/mol. The first-order valence-electron chi connectivity index (χ1n) is 12.9. The van der Waals surface area contributed by atoms with Gasteiger partial charge in [0.2, 0.25) is 0 Å². The first kappa shape index (κ1) is 27.0. The molecule has 2 heterocycles. The molecule has 2 aliphatic rings. The van der Waals surface area contributed by atoms with E-state index in [1.54, 1.807) is 21.0 Å². The molecule has 0 bridgehead atoms. The van der Waals surface area contributed by atoms with Crippen LogP contribution in [0.4, 0.5) is 0 Å². The molecule has 0 aliphatic carbocycles. The van der Waals surface area contributed by atoms with Crippen LogP contribution < -0.4 is 9.47 Å². The van der Waals surface area contributed by atoms with E-state index < -0.39 is 22.7 Å². The highest BCUT2D eigenvalue weighted by Gasteiger charge is 2.61. The maximum atomic E-state index is 12.6. The van der Waals surface area contributed by atoms with Crippen molar-refractivity contribution in [1.82, 2.24) is 0 Å². The quantitative estimate of drug-likeness (QED) is 0.471. The molecule has 2 atom stereocenters. The van der Waals surface area contributed by atoms with Crippen molar-refractivity contribution in [1.29, 1.82) is 0 Å². The average Bonchev–Trinajstić information content (AvgIpc) is 2.77. The van der Waals surface area contributed by atoms with Crippen LogP contribution in [-0.4, -0.2) is 44.2 Å². The Kier molecular flexibility index (Phi) is 6.82. The van der Waals surface area contributed by atoms with Crippen LogP contribution in [0.1, 0.15) is 90.9 Å². The lowest BCUT2D eigenvalue weighted by Crippen LogP contribution is -2.66. The summed E-state index contributed by atoms with van der Waals surface area (Å²) in [4.78, 5) is 25.2. The number of fused-ring (bicyclic) bond motifs is 2. The molecule has 37 heavy (non-hydrogen) atoms. The van der Waals surface area contributed by atoms with E-state index in [4.69, 9.17) is 23.7 Å². The summed E-state index contributed by atoms with van der Waals surface area (Å²) in [6.07, 6.45) is -0.0130. The minimum absolute atomic E-state index is 0.304. The maximum absolute atomic E-state index is 12.6. The fourth-order valence-corrected chi connectivity index (χ4v) is 5.96. The van der Waals surface area contributed by atoms with Crippen LogP contribution >= 0.6 is 0 Å². The van der Waals surface area contributed by atoms with Gasteiger partial charge in [0.05, 0.1) is 24.3 Å². The van der Waals surface area contributed by atoms with Gasteiger partial charge in [-0.3, -0.25) is 0 Å². The summed E-state index contributed by atoms with van der Waals surface area (Å²) in [6, 6.07) is 7.52. The summed E-state index contributed by atoms with van der Waals surface area (Å²) in [5.41, 5.74) is 3.39. The Labute approximate surface area is 219 Å². The molecule has 200 valence electrons. The molecule has 2 aliphatic heterocycles. The Hall–Kier alpha value is -3.06. The van der Waals surface area contributed by atoms with Gasteiger partial charge in [0.1, 0.15) is 17.6 Å². The third-order valence-corrected chi connectivity index (χ3v) is 7.61. The highest BCUT2D eigenvalue weighted by molar-refractivity contribution is 5.92. The predicted molar refractivity (Wildman–Crippen MR) is 140 cm³/mol. The smallest absolute Gasteiger partial charge is 0.338 e. The molecule has 2 aromatic rings. The third kappa shape index (κ3) is 4.37. The molecule has 2 unspecified atom stereocenters. The zero-order valence-electron chi connectivity index (χ0n) is 23.4. The van der Waals surface area contributed by atoms with Gasteiger partial charge in [-0.1, -0.05) is 27.7 Å². The Morgan fingerprint density at radius 3 is 1.76 bits per heavy atom. The van der Waals surface area contributed by atoms with Crippen LogP contribution in [0.15, 0.2) is 24.3 Å². The van der Waals surface area contributed by atoms with Gasteiger partial charge in [-0.2, -0.15) is 0 Å². The van der Waals surface area contributed by atoms with Crippen molar-refractivity contribution in [2.75, 3.05) is 20.3 Å². The largest absolute Gasteiger partial charge is 0.462 e. The van der Waals surface area contributed by atoms with E-state index in [1.165, 1.54) is 0 Å². The second-order valence-corrected chi connectivity index (χ2v) is 11.2. The summed E-state index contributed by atoms with van der Waals surface area (Å²) in [5, 5.41) is 0. The van der Waals surface area contributed by atoms with Crippen LogP contribution in [0.5, 0.6) is 11.5 Å².